The number of oxazole rings is 1. The van der Waals surface area contributed by atoms with Crippen LogP contribution in [0, 0.1) is 5.82 Å². The minimum atomic E-state index is -2.97. The molecule has 0 atom stereocenters. The van der Waals surface area contributed by atoms with Gasteiger partial charge in [-0.25, -0.2) is 9.37 Å². The lowest BCUT2D eigenvalue weighted by Gasteiger charge is -2.10. The average molecular weight is 361 g/mol. The zero-order valence-corrected chi connectivity index (χ0v) is 13.5. The Labute approximate surface area is 147 Å². The SMILES string of the molecule is O=C(Cc1ccc(-c2cnco2)c(F)c1)Cc1ccccc1OC(F)F. The molecule has 7 heteroatoms. The highest BCUT2D eigenvalue weighted by atomic mass is 19.3. The van der Waals surface area contributed by atoms with E-state index in [9.17, 15) is 18.0 Å². The Hall–Kier alpha value is -3.09. The fourth-order valence-corrected chi connectivity index (χ4v) is 2.58. The number of ketones is 1. The molecule has 0 fully saturated rings. The third-order valence-corrected chi connectivity index (χ3v) is 3.71. The summed E-state index contributed by atoms with van der Waals surface area (Å²) in [5.41, 5.74) is 1.08. The maximum absolute atomic E-state index is 14.2. The number of para-hydroxylation sites is 1. The zero-order valence-electron chi connectivity index (χ0n) is 13.5. The molecule has 0 saturated heterocycles. The molecule has 0 aliphatic heterocycles. The van der Waals surface area contributed by atoms with E-state index in [0.29, 0.717) is 16.9 Å². The molecular formula is C19H14F3NO3. The summed E-state index contributed by atoms with van der Waals surface area (Å²) in [7, 11) is 0. The molecule has 0 aliphatic carbocycles. The summed E-state index contributed by atoms with van der Waals surface area (Å²) in [6.45, 7) is -2.97. The summed E-state index contributed by atoms with van der Waals surface area (Å²) in [6, 6.07) is 10.5. The van der Waals surface area contributed by atoms with Crippen LogP contribution in [0.2, 0.25) is 0 Å². The Morgan fingerprint density at radius 2 is 1.96 bits per heavy atom. The van der Waals surface area contributed by atoms with Crippen LogP contribution in [0.4, 0.5) is 13.2 Å². The van der Waals surface area contributed by atoms with E-state index in [0.717, 1.165) is 0 Å². The van der Waals surface area contributed by atoms with Crippen molar-refractivity contribution < 1.29 is 27.1 Å². The monoisotopic (exact) mass is 361 g/mol. The summed E-state index contributed by atoms with van der Waals surface area (Å²) in [6.07, 6.45) is 2.47. The van der Waals surface area contributed by atoms with Crippen LogP contribution in [-0.2, 0) is 17.6 Å². The highest BCUT2D eigenvalue weighted by Gasteiger charge is 2.14. The van der Waals surface area contributed by atoms with Crippen molar-refractivity contribution in [3.63, 3.8) is 0 Å². The molecule has 0 aliphatic rings. The van der Waals surface area contributed by atoms with Crippen molar-refractivity contribution >= 4 is 5.78 Å². The molecule has 1 heterocycles. The van der Waals surface area contributed by atoms with Crippen molar-refractivity contribution in [3.8, 4) is 17.1 Å². The second kappa shape index (κ2) is 7.86. The summed E-state index contributed by atoms with van der Waals surface area (Å²) < 4.78 is 48.5. The molecule has 1 aromatic heterocycles. The van der Waals surface area contributed by atoms with E-state index >= 15 is 0 Å². The number of alkyl halides is 2. The fraction of sp³-hybridized carbons (Fsp3) is 0.158. The lowest BCUT2D eigenvalue weighted by molar-refractivity contribution is -0.117. The molecule has 134 valence electrons. The van der Waals surface area contributed by atoms with Gasteiger partial charge in [0.25, 0.3) is 0 Å². The minimum absolute atomic E-state index is 0.0311. The maximum Gasteiger partial charge on any atom is 0.387 e. The molecule has 0 spiro atoms. The number of nitrogens with zero attached hydrogens (tertiary/aromatic N) is 1. The summed E-state index contributed by atoms with van der Waals surface area (Å²) >= 11 is 0. The van der Waals surface area contributed by atoms with Gasteiger partial charge in [-0.3, -0.25) is 4.79 Å². The predicted molar refractivity (Wildman–Crippen MR) is 87.4 cm³/mol. The Kier molecular flexibility index (Phi) is 5.36. The second-order valence-corrected chi connectivity index (χ2v) is 5.56. The molecule has 0 radical (unpaired) electrons. The van der Waals surface area contributed by atoms with Gasteiger partial charge in [-0.2, -0.15) is 8.78 Å². The van der Waals surface area contributed by atoms with Crippen molar-refractivity contribution in [1.29, 1.82) is 0 Å². The van der Waals surface area contributed by atoms with E-state index in [2.05, 4.69) is 9.72 Å². The van der Waals surface area contributed by atoms with Crippen molar-refractivity contribution in [2.45, 2.75) is 19.5 Å². The molecule has 3 aromatic rings. The van der Waals surface area contributed by atoms with Gasteiger partial charge in [0.1, 0.15) is 17.3 Å². The van der Waals surface area contributed by atoms with E-state index in [1.165, 1.54) is 30.8 Å². The smallest absolute Gasteiger partial charge is 0.387 e. The van der Waals surface area contributed by atoms with Gasteiger partial charge in [0.05, 0.1) is 11.8 Å². The number of carbonyl (C=O) groups excluding carboxylic acids is 1. The molecule has 0 amide bonds. The Morgan fingerprint density at radius 3 is 2.65 bits per heavy atom. The number of hydrogen-bond acceptors (Lipinski definition) is 4. The van der Waals surface area contributed by atoms with Gasteiger partial charge >= 0.3 is 6.61 Å². The van der Waals surface area contributed by atoms with E-state index in [-0.39, 0.29) is 29.9 Å². The minimum Gasteiger partial charge on any atom is -0.443 e. The second-order valence-electron chi connectivity index (χ2n) is 5.56. The zero-order chi connectivity index (χ0) is 18.5. The topological polar surface area (TPSA) is 52.3 Å². The molecule has 4 nitrogen and oxygen atoms in total. The third-order valence-electron chi connectivity index (χ3n) is 3.71. The largest absolute Gasteiger partial charge is 0.443 e. The molecule has 2 aromatic carbocycles. The standard InChI is InChI=1S/C19H14F3NO3/c20-16-8-12(5-6-15(16)18-10-23-11-25-18)7-14(24)9-13-3-1-2-4-17(13)26-19(21)22/h1-6,8,10-11,19H,7,9H2. The average Bonchev–Trinajstić information content (AvgIpc) is 3.10. The molecule has 3 rings (SSSR count). The van der Waals surface area contributed by atoms with Crippen molar-refractivity contribution in [1.82, 2.24) is 4.98 Å². The van der Waals surface area contributed by atoms with Gasteiger partial charge < -0.3 is 9.15 Å². The number of aromatic nitrogens is 1. The van der Waals surface area contributed by atoms with E-state index in [1.54, 1.807) is 24.3 Å². The molecule has 0 unspecified atom stereocenters. The summed E-state index contributed by atoms with van der Waals surface area (Å²) in [5.74, 6) is -0.531. The van der Waals surface area contributed by atoms with Crippen LogP contribution in [0.5, 0.6) is 5.75 Å². The normalized spacial score (nSPS) is 10.9. The number of rotatable bonds is 7. The number of halogens is 3. The van der Waals surface area contributed by atoms with E-state index in [1.807, 2.05) is 0 Å². The predicted octanol–water partition coefficient (Wildman–Crippen LogP) is 4.44. The summed E-state index contributed by atoms with van der Waals surface area (Å²) in [5, 5.41) is 0. The third kappa shape index (κ3) is 4.30. The van der Waals surface area contributed by atoms with Crippen molar-refractivity contribution in [2.24, 2.45) is 0 Å². The first-order valence-electron chi connectivity index (χ1n) is 7.74. The van der Waals surface area contributed by atoms with Gasteiger partial charge in [-0.05, 0) is 23.8 Å². The van der Waals surface area contributed by atoms with Gasteiger partial charge in [0, 0.05) is 18.4 Å². The molecule has 0 N–H and O–H groups in total. The Balaban J connectivity index is 1.70. The van der Waals surface area contributed by atoms with E-state index < -0.39 is 12.4 Å². The van der Waals surface area contributed by atoms with Gasteiger partial charge in [0.15, 0.2) is 12.2 Å². The van der Waals surface area contributed by atoms with Crippen LogP contribution in [0.15, 0.2) is 59.5 Å². The number of Topliss-reactive ketones (excluding diaryl/α,β-unsaturated/α-hetero) is 1. The maximum atomic E-state index is 14.2. The number of carbonyl (C=O) groups is 1. The van der Waals surface area contributed by atoms with Gasteiger partial charge in [-0.1, -0.05) is 24.3 Å². The van der Waals surface area contributed by atoms with E-state index in [4.69, 9.17) is 4.42 Å². The highest BCUT2D eigenvalue weighted by Crippen LogP contribution is 2.24. The first kappa shape index (κ1) is 17.7. The van der Waals surface area contributed by atoms with Crippen LogP contribution in [0.3, 0.4) is 0 Å². The molecular weight excluding hydrogens is 347 g/mol. The van der Waals surface area contributed by atoms with Crippen molar-refractivity contribution in [2.75, 3.05) is 0 Å². The first-order valence-corrected chi connectivity index (χ1v) is 7.74. The molecule has 0 bridgehead atoms. The fourth-order valence-electron chi connectivity index (χ4n) is 2.58. The molecule has 0 saturated carbocycles. The number of benzene rings is 2. The quantitative estimate of drug-likeness (QED) is 0.624. The van der Waals surface area contributed by atoms with Crippen LogP contribution < -0.4 is 4.74 Å². The lowest BCUT2D eigenvalue weighted by atomic mass is 10.0. The molecule has 26 heavy (non-hydrogen) atoms. The summed E-state index contributed by atoms with van der Waals surface area (Å²) in [4.78, 5) is 16.0. The van der Waals surface area contributed by atoms with Gasteiger partial charge in [0.2, 0.25) is 0 Å². The Morgan fingerprint density at radius 1 is 1.15 bits per heavy atom. The first-order chi connectivity index (χ1) is 12.5. The van der Waals surface area contributed by atoms with Crippen LogP contribution in [0.1, 0.15) is 11.1 Å². The lowest BCUT2D eigenvalue weighted by Crippen LogP contribution is -2.10. The van der Waals surface area contributed by atoms with Gasteiger partial charge in [-0.15, -0.1) is 0 Å². The van der Waals surface area contributed by atoms with Crippen LogP contribution in [0.25, 0.3) is 11.3 Å². The van der Waals surface area contributed by atoms with Crippen LogP contribution in [-0.4, -0.2) is 17.4 Å². The van der Waals surface area contributed by atoms with Crippen LogP contribution >= 0.6 is 0 Å². The Bertz CT molecular complexity index is 895. The number of ether oxygens (including phenoxy) is 1. The van der Waals surface area contributed by atoms with Crippen molar-refractivity contribution in [3.05, 3.63) is 72.0 Å². The highest BCUT2D eigenvalue weighted by molar-refractivity contribution is 5.83. The number of hydrogen-bond donors (Lipinski definition) is 0.